The lowest BCUT2D eigenvalue weighted by Gasteiger charge is -2.63. The van der Waals surface area contributed by atoms with Gasteiger partial charge in [0.1, 0.15) is 6.10 Å². The molecule has 262 valence electrons. The molecule has 9 heteroatoms. The maximum atomic E-state index is 13.4. The van der Waals surface area contributed by atoms with Gasteiger partial charge >= 0.3 is 17.9 Å². The minimum Gasteiger partial charge on any atom is -0.478 e. The van der Waals surface area contributed by atoms with Gasteiger partial charge in [-0.3, -0.25) is 4.90 Å². The number of benzene rings is 3. The van der Waals surface area contributed by atoms with Gasteiger partial charge in [-0.05, 0) is 97.2 Å². The zero-order valence-electron chi connectivity index (χ0n) is 29.8. The lowest BCUT2D eigenvalue weighted by molar-refractivity contribution is -0.262. The van der Waals surface area contributed by atoms with Crippen LogP contribution in [-0.4, -0.2) is 73.9 Å². The Hall–Kier alpha value is -4.05. The molecule has 2 aliphatic rings. The van der Waals surface area contributed by atoms with Gasteiger partial charge in [0.05, 0.1) is 41.0 Å². The number of hydrogen-bond acceptors (Lipinski definition) is 8. The van der Waals surface area contributed by atoms with Crippen molar-refractivity contribution < 1.29 is 33.8 Å². The minimum atomic E-state index is -1.10. The number of nitrogens with zero attached hydrogens (tertiary/aromatic N) is 2. The molecule has 0 amide bonds. The van der Waals surface area contributed by atoms with Gasteiger partial charge in [-0.15, -0.1) is 5.06 Å². The number of carbonyl (C=O) groups is 3. The number of hydroxylamine groups is 2. The van der Waals surface area contributed by atoms with Crippen LogP contribution in [0.1, 0.15) is 111 Å². The summed E-state index contributed by atoms with van der Waals surface area (Å²) < 4.78 is 12.6. The second kappa shape index (κ2) is 14.1. The van der Waals surface area contributed by atoms with Gasteiger partial charge in [-0.2, -0.15) is 0 Å². The molecule has 49 heavy (non-hydrogen) atoms. The van der Waals surface area contributed by atoms with E-state index < -0.39 is 40.2 Å². The quantitative estimate of drug-likeness (QED) is 0.219. The second-order valence-corrected chi connectivity index (χ2v) is 15.7. The van der Waals surface area contributed by atoms with Crippen molar-refractivity contribution in [1.82, 2.24) is 9.96 Å². The van der Waals surface area contributed by atoms with E-state index in [-0.39, 0.29) is 23.1 Å². The fraction of sp³-hybridized carbons (Fsp3) is 0.475. The molecule has 3 aromatic rings. The van der Waals surface area contributed by atoms with Crippen LogP contribution in [0, 0.1) is 0 Å². The monoisotopic (exact) mass is 670 g/mol. The summed E-state index contributed by atoms with van der Waals surface area (Å²) in [6.07, 6.45) is 2.13. The first kappa shape index (κ1) is 36.2. The fourth-order valence-corrected chi connectivity index (χ4v) is 8.51. The van der Waals surface area contributed by atoms with Crippen molar-refractivity contribution in [2.75, 3.05) is 6.61 Å². The number of rotatable bonds is 10. The van der Waals surface area contributed by atoms with Gasteiger partial charge in [0, 0.05) is 30.0 Å². The maximum absolute atomic E-state index is 13.4. The smallest absolute Gasteiger partial charge is 0.357 e. The number of likely N-dealkylation sites (tertiary alicyclic amines) is 1. The molecule has 0 spiro atoms. The normalized spacial score (nSPS) is 23.8. The first-order chi connectivity index (χ1) is 23.0. The van der Waals surface area contributed by atoms with Crippen LogP contribution in [0.25, 0.3) is 0 Å². The van der Waals surface area contributed by atoms with Gasteiger partial charge in [-0.1, -0.05) is 54.6 Å². The van der Waals surface area contributed by atoms with Gasteiger partial charge in [0.15, 0.2) is 0 Å². The van der Waals surface area contributed by atoms with Crippen LogP contribution in [0.2, 0.25) is 0 Å². The largest absolute Gasteiger partial charge is 0.478 e. The number of esters is 1. The van der Waals surface area contributed by atoms with E-state index in [9.17, 15) is 19.5 Å². The third kappa shape index (κ3) is 8.23. The summed E-state index contributed by atoms with van der Waals surface area (Å²) in [5, 5.41) is 11.3. The van der Waals surface area contributed by atoms with Crippen molar-refractivity contribution in [3.8, 4) is 0 Å². The van der Waals surface area contributed by atoms with Crippen molar-refractivity contribution in [2.24, 2.45) is 0 Å². The van der Waals surface area contributed by atoms with Crippen molar-refractivity contribution in [2.45, 2.75) is 115 Å². The molecule has 2 fully saturated rings. The average molecular weight is 671 g/mol. The first-order valence-electron chi connectivity index (χ1n) is 17.0. The Balaban J connectivity index is 1.41. The Morgan fingerprint density at radius 2 is 1.27 bits per heavy atom. The number of aromatic carboxylic acids is 1. The lowest BCUT2D eigenvalue weighted by atomic mass is 9.71. The highest BCUT2D eigenvalue weighted by molar-refractivity contribution is 5.94. The van der Waals surface area contributed by atoms with E-state index in [0.29, 0.717) is 31.6 Å². The number of hydrogen-bond donors (Lipinski definition) is 1. The summed E-state index contributed by atoms with van der Waals surface area (Å²) in [5.74, 6) is -2.02. The Morgan fingerprint density at radius 3 is 1.88 bits per heavy atom. The molecule has 0 aromatic heterocycles. The van der Waals surface area contributed by atoms with Crippen LogP contribution in [0.4, 0.5) is 0 Å². The molecule has 0 saturated carbocycles. The molecule has 2 atom stereocenters. The predicted octanol–water partition coefficient (Wildman–Crippen LogP) is 7.55. The van der Waals surface area contributed by atoms with Gasteiger partial charge < -0.3 is 19.4 Å². The SMILES string of the molecule is CC1(C)CC(N2C(C)(C)CC(OC(=O)c3cccc(C(=O)O)c3)CC2(C)COCc2ccccc2)CC(C)(C)N1OC(=O)c1ccccc1. The number of carboxylic acids is 1. The zero-order chi connectivity index (χ0) is 35.6. The third-order valence-corrected chi connectivity index (χ3v) is 9.89. The Kier molecular flexibility index (Phi) is 10.4. The van der Waals surface area contributed by atoms with Gasteiger partial charge in [0.2, 0.25) is 0 Å². The van der Waals surface area contributed by atoms with Crippen LogP contribution in [0.15, 0.2) is 84.9 Å². The van der Waals surface area contributed by atoms with Crippen LogP contribution in [0.3, 0.4) is 0 Å². The molecular weight excluding hydrogens is 620 g/mol. The zero-order valence-corrected chi connectivity index (χ0v) is 29.8. The van der Waals surface area contributed by atoms with E-state index in [1.54, 1.807) is 24.3 Å². The summed E-state index contributed by atoms with van der Waals surface area (Å²) in [7, 11) is 0. The standard InChI is InChI=1S/C40H50N2O7/c1-37(2)24-33(48-35(45)31-20-14-19-30(21-31)34(43)44)25-40(7,27-47-26-28-15-10-8-11-16-28)41(37)32-22-38(3,4)42(39(5,6)23-32)49-36(46)29-17-12-9-13-18-29/h8-21,32-33H,22-27H2,1-7H3,(H,43,44). The Labute approximate surface area is 290 Å². The highest BCUT2D eigenvalue weighted by atomic mass is 16.7. The summed E-state index contributed by atoms with van der Waals surface area (Å²) >= 11 is 0. The van der Waals surface area contributed by atoms with Gasteiger partial charge in [-0.25, -0.2) is 14.4 Å². The van der Waals surface area contributed by atoms with E-state index in [0.717, 1.165) is 18.4 Å². The van der Waals surface area contributed by atoms with Crippen LogP contribution < -0.4 is 0 Å². The van der Waals surface area contributed by atoms with Crippen LogP contribution in [0.5, 0.6) is 0 Å². The summed E-state index contributed by atoms with van der Waals surface area (Å²) in [5.41, 5.74) is -0.135. The van der Waals surface area contributed by atoms with E-state index in [2.05, 4.69) is 53.4 Å². The molecule has 0 aliphatic carbocycles. The summed E-state index contributed by atoms with van der Waals surface area (Å²) in [6.45, 7) is 15.9. The number of ether oxygens (including phenoxy) is 2. The number of piperidine rings is 2. The van der Waals surface area contributed by atoms with Crippen molar-refractivity contribution in [3.63, 3.8) is 0 Å². The van der Waals surface area contributed by atoms with Crippen LogP contribution >= 0.6 is 0 Å². The van der Waals surface area contributed by atoms with E-state index in [4.69, 9.17) is 14.3 Å². The van der Waals surface area contributed by atoms with E-state index in [1.807, 2.05) is 53.6 Å². The highest BCUT2D eigenvalue weighted by Gasteiger charge is 2.57. The molecule has 2 heterocycles. The second-order valence-electron chi connectivity index (χ2n) is 15.7. The minimum absolute atomic E-state index is 0.0368. The van der Waals surface area contributed by atoms with E-state index in [1.165, 1.54) is 12.1 Å². The molecule has 0 radical (unpaired) electrons. The summed E-state index contributed by atoms with van der Waals surface area (Å²) in [6, 6.07) is 25.1. The molecular formula is C40H50N2O7. The summed E-state index contributed by atoms with van der Waals surface area (Å²) in [4.78, 5) is 46.9. The predicted molar refractivity (Wildman–Crippen MR) is 187 cm³/mol. The molecule has 3 aromatic carbocycles. The molecule has 2 saturated heterocycles. The average Bonchev–Trinajstić information content (AvgIpc) is 3.02. The van der Waals surface area contributed by atoms with E-state index >= 15 is 0 Å². The molecule has 1 N–H and O–H groups in total. The molecule has 2 aliphatic heterocycles. The number of carboxylic acid groups (broad SMARTS) is 1. The molecule has 5 rings (SSSR count). The van der Waals surface area contributed by atoms with Crippen molar-refractivity contribution in [3.05, 3.63) is 107 Å². The number of carbonyl (C=O) groups excluding carboxylic acids is 2. The molecule has 2 unspecified atom stereocenters. The maximum Gasteiger partial charge on any atom is 0.357 e. The highest BCUT2D eigenvalue weighted by Crippen LogP contribution is 2.49. The van der Waals surface area contributed by atoms with Crippen molar-refractivity contribution >= 4 is 17.9 Å². The first-order valence-corrected chi connectivity index (χ1v) is 17.0. The molecule has 9 nitrogen and oxygen atoms in total. The van der Waals surface area contributed by atoms with Crippen LogP contribution in [-0.2, 0) is 20.9 Å². The Morgan fingerprint density at radius 1 is 0.694 bits per heavy atom. The lowest BCUT2D eigenvalue weighted by Crippen LogP contribution is -2.73. The molecule has 0 bridgehead atoms. The van der Waals surface area contributed by atoms with Gasteiger partial charge in [0.25, 0.3) is 0 Å². The Bertz CT molecular complexity index is 1620. The fourth-order valence-electron chi connectivity index (χ4n) is 8.51. The topological polar surface area (TPSA) is 106 Å². The van der Waals surface area contributed by atoms with Crippen molar-refractivity contribution in [1.29, 1.82) is 0 Å². The third-order valence-electron chi connectivity index (χ3n) is 9.89.